The van der Waals surface area contributed by atoms with E-state index in [1.54, 1.807) is 6.92 Å². The van der Waals surface area contributed by atoms with Gasteiger partial charge in [-0.2, -0.15) is 0 Å². The molecular weight excluding hydrogens is 263 g/mol. The fourth-order valence-electron chi connectivity index (χ4n) is 1.20. The van der Waals surface area contributed by atoms with Gasteiger partial charge in [-0.15, -0.1) is 0 Å². The molecule has 3 atom stereocenters. The Morgan fingerprint density at radius 2 is 2.07 bits per heavy atom. The van der Waals surface area contributed by atoms with Crippen LogP contribution in [0.25, 0.3) is 0 Å². The van der Waals surface area contributed by atoms with Crippen molar-refractivity contribution < 1.29 is 20.4 Å². The molecule has 4 N–H and O–H groups in total. The molecule has 1 heterocycles. The first-order chi connectivity index (χ1) is 7.10. The van der Waals surface area contributed by atoms with E-state index in [0.717, 1.165) is 11.7 Å². The second kappa shape index (κ2) is 9.58. The van der Waals surface area contributed by atoms with Crippen molar-refractivity contribution >= 4 is 15.0 Å². The van der Waals surface area contributed by atoms with Crippen LogP contribution in [0.4, 0.5) is 0 Å². The predicted octanol–water partition coefficient (Wildman–Crippen LogP) is -0.206. The van der Waals surface area contributed by atoms with Crippen molar-refractivity contribution in [2.24, 2.45) is 0 Å². The summed E-state index contributed by atoms with van der Waals surface area (Å²) in [6.45, 7) is 2.18. The van der Waals surface area contributed by atoms with Gasteiger partial charge in [-0.1, -0.05) is 0 Å². The predicted molar refractivity (Wildman–Crippen MR) is 60.0 cm³/mol. The molecule has 1 saturated heterocycles. The molecule has 1 aliphatic rings. The standard InChI is InChI=1S/C5H10O2Se.C5H12O2/c6-2-5-1-4(7)3-8-5;1-5(7)3-2-4-6/h4-7H,1-3H2;5-7H,2-4H2,1H3. The molecule has 0 aromatic rings. The van der Waals surface area contributed by atoms with Crippen LogP contribution in [0.3, 0.4) is 0 Å². The number of hydrogen-bond acceptors (Lipinski definition) is 4. The van der Waals surface area contributed by atoms with Crippen molar-refractivity contribution in [2.75, 3.05) is 13.2 Å². The quantitative estimate of drug-likeness (QED) is 0.539. The summed E-state index contributed by atoms with van der Waals surface area (Å²) in [5, 5.41) is 35.2. The number of aliphatic hydroxyl groups is 4. The first-order valence-corrected chi connectivity index (χ1v) is 7.49. The van der Waals surface area contributed by atoms with Gasteiger partial charge in [-0.25, -0.2) is 0 Å². The number of rotatable bonds is 4. The van der Waals surface area contributed by atoms with E-state index < -0.39 is 0 Å². The minimum atomic E-state index is -0.257. The Kier molecular flexibility index (Phi) is 9.81. The van der Waals surface area contributed by atoms with Crippen molar-refractivity contribution in [2.45, 2.75) is 48.5 Å². The van der Waals surface area contributed by atoms with Crippen molar-refractivity contribution in [3.8, 4) is 0 Å². The zero-order chi connectivity index (χ0) is 11.7. The maximum absolute atomic E-state index is 8.94. The van der Waals surface area contributed by atoms with Gasteiger partial charge in [0.25, 0.3) is 0 Å². The second-order valence-electron chi connectivity index (χ2n) is 3.74. The maximum atomic E-state index is 8.94. The summed E-state index contributed by atoms with van der Waals surface area (Å²) in [6, 6.07) is 0. The van der Waals surface area contributed by atoms with E-state index in [4.69, 9.17) is 20.4 Å². The van der Waals surface area contributed by atoms with Crippen molar-refractivity contribution in [1.82, 2.24) is 0 Å². The molecule has 1 rings (SSSR count). The normalized spacial score (nSPS) is 27.0. The molecule has 5 heteroatoms. The summed E-state index contributed by atoms with van der Waals surface area (Å²) in [5.41, 5.74) is 0. The molecule has 0 bridgehead atoms. The molecule has 0 aromatic carbocycles. The molecule has 92 valence electrons. The molecule has 0 aliphatic carbocycles. The van der Waals surface area contributed by atoms with Crippen LogP contribution >= 0.6 is 0 Å². The van der Waals surface area contributed by atoms with Crippen LogP contribution in [0.1, 0.15) is 26.2 Å². The molecule has 0 amide bonds. The Balaban J connectivity index is 0.000000265. The minimum absolute atomic E-state index is 0.104. The summed E-state index contributed by atoms with van der Waals surface area (Å²) in [4.78, 5) is 0.442. The fourth-order valence-corrected chi connectivity index (χ4v) is 3.50. The zero-order valence-corrected chi connectivity index (χ0v) is 10.9. The Morgan fingerprint density at radius 1 is 1.40 bits per heavy atom. The van der Waals surface area contributed by atoms with E-state index in [0.29, 0.717) is 32.6 Å². The van der Waals surface area contributed by atoms with E-state index in [-0.39, 0.29) is 25.4 Å². The molecule has 1 fully saturated rings. The van der Waals surface area contributed by atoms with Crippen molar-refractivity contribution in [3.05, 3.63) is 0 Å². The van der Waals surface area contributed by atoms with Gasteiger partial charge in [-0.05, 0) is 19.8 Å². The van der Waals surface area contributed by atoms with E-state index in [1.165, 1.54) is 0 Å². The third-order valence-electron chi connectivity index (χ3n) is 2.04. The summed E-state index contributed by atoms with van der Waals surface area (Å²) >= 11 is 0.508. The monoisotopic (exact) mass is 286 g/mol. The summed E-state index contributed by atoms with van der Waals surface area (Å²) in [5.74, 6) is 0. The van der Waals surface area contributed by atoms with Gasteiger partial charge < -0.3 is 10.2 Å². The Morgan fingerprint density at radius 3 is 2.27 bits per heavy atom. The van der Waals surface area contributed by atoms with Crippen molar-refractivity contribution in [3.63, 3.8) is 0 Å². The summed E-state index contributed by atoms with van der Waals surface area (Å²) in [6.07, 6.45) is 1.88. The second-order valence-corrected chi connectivity index (χ2v) is 6.54. The number of aliphatic hydroxyl groups excluding tert-OH is 4. The first-order valence-electron chi connectivity index (χ1n) is 5.29. The fraction of sp³-hybridized carbons (Fsp3) is 1.00. The van der Waals surface area contributed by atoms with Gasteiger partial charge in [0.1, 0.15) is 0 Å². The van der Waals surface area contributed by atoms with Crippen LogP contribution < -0.4 is 0 Å². The van der Waals surface area contributed by atoms with Gasteiger partial charge >= 0.3 is 54.4 Å². The first kappa shape index (κ1) is 15.4. The van der Waals surface area contributed by atoms with Gasteiger partial charge in [-0.3, -0.25) is 0 Å². The van der Waals surface area contributed by atoms with Crippen LogP contribution in [0.15, 0.2) is 0 Å². The third-order valence-corrected chi connectivity index (χ3v) is 4.96. The van der Waals surface area contributed by atoms with E-state index >= 15 is 0 Å². The molecule has 0 saturated carbocycles. The van der Waals surface area contributed by atoms with Gasteiger partial charge in [0.05, 0.1) is 6.10 Å². The van der Waals surface area contributed by atoms with E-state index in [1.807, 2.05) is 0 Å². The Labute approximate surface area is 97.5 Å². The third kappa shape index (κ3) is 9.30. The van der Waals surface area contributed by atoms with Crippen molar-refractivity contribution in [1.29, 1.82) is 0 Å². The SMILES string of the molecule is CC(O)CCCO.OCC1CC(O)C[Se]1. The molecule has 1 aliphatic heterocycles. The van der Waals surface area contributed by atoms with Gasteiger partial charge in [0.15, 0.2) is 0 Å². The van der Waals surface area contributed by atoms with Gasteiger partial charge in [0.2, 0.25) is 0 Å². The molecule has 0 radical (unpaired) electrons. The van der Waals surface area contributed by atoms with E-state index in [2.05, 4.69) is 0 Å². The Bertz CT molecular complexity index is 143. The van der Waals surface area contributed by atoms with Crippen LogP contribution in [-0.2, 0) is 0 Å². The van der Waals surface area contributed by atoms with E-state index in [9.17, 15) is 0 Å². The topological polar surface area (TPSA) is 80.9 Å². The van der Waals surface area contributed by atoms with Gasteiger partial charge in [0, 0.05) is 6.61 Å². The Hall–Kier alpha value is 0.359. The molecule has 0 aromatic heterocycles. The molecule has 3 unspecified atom stereocenters. The van der Waals surface area contributed by atoms with Crippen LogP contribution in [0.5, 0.6) is 0 Å². The van der Waals surface area contributed by atoms with Crippen LogP contribution in [0.2, 0.25) is 10.1 Å². The summed E-state index contributed by atoms with van der Waals surface area (Å²) in [7, 11) is 0. The molecular formula is C10H22O4Se. The summed E-state index contributed by atoms with van der Waals surface area (Å²) < 4.78 is 0. The zero-order valence-electron chi connectivity index (χ0n) is 9.17. The van der Waals surface area contributed by atoms with Crippen LogP contribution in [0, 0.1) is 0 Å². The average molecular weight is 285 g/mol. The average Bonchev–Trinajstić information content (AvgIpc) is 2.62. The van der Waals surface area contributed by atoms with Crippen LogP contribution in [-0.4, -0.2) is 60.8 Å². The molecule has 4 nitrogen and oxygen atoms in total. The molecule has 15 heavy (non-hydrogen) atoms. The molecule has 0 spiro atoms. The number of hydrogen-bond donors (Lipinski definition) is 4.